The predicted molar refractivity (Wildman–Crippen MR) is 75.7 cm³/mol. The van der Waals surface area contributed by atoms with Gasteiger partial charge in [0.15, 0.2) is 0 Å². The number of hydrogen-bond donors (Lipinski definition) is 1. The summed E-state index contributed by atoms with van der Waals surface area (Å²) in [4.78, 5) is 16.2. The van der Waals surface area contributed by atoms with E-state index in [1.165, 1.54) is 12.8 Å². The summed E-state index contributed by atoms with van der Waals surface area (Å²) in [6.07, 6.45) is 4.22. The topological polar surface area (TPSA) is 35.6 Å². The molecule has 0 radical (unpaired) electrons. The lowest BCUT2D eigenvalue weighted by atomic mass is 10.1. The lowest BCUT2D eigenvalue weighted by Gasteiger charge is -2.31. The summed E-state index contributed by atoms with van der Waals surface area (Å²) < 4.78 is 0. The zero-order valence-electron chi connectivity index (χ0n) is 12.2. The molecule has 1 amide bonds. The van der Waals surface area contributed by atoms with Gasteiger partial charge in [0.25, 0.3) is 0 Å². The Balaban J connectivity index is 2.18. The molecule has 0 aromatic heterocycles. The fourth-order valence-electron chi connectivity index (χ4n) is 2.61. The molecule has 0 spiro atoms. The molecule has 1 fully saturated rings. The van der Waals surface area contributed by atoms with Crippen molar-refractivity contribution in [2.75, 3.05) is 39.8 Å². The molecule has 106 valence electrons. The molecule has 1 N–H and O–H groups in total. The van der Waals surface area contributed by atoms with Gasteiger partial charge in [0.05, 0.1) is 0 Å². The van der Waals surface area contributed by atoms with Crippen LogP contribution in [0.3, 0.4) is 0 Å². The summed E-state index contributed by atoms with van der Waals surface area (Å²) in [7, 11) is 2.18. The molecule has 1 heterocycles. The van der Waals surface area contributed by atoms with Gasteiger partial charge in [0.1, 0.15) is 0 Å². The molecule has 0 aromatic rings. The Morgan fingerprint density at radius 3 is 2.61 bits per heavy atom. The van der Waals surface area contributed by atoms with E-state index in [-0.39, 0.29) is 0 Å². The summed E-state index contributed by atoms with van der Waals surface area (Å²) in [6, 6.07) is 0.655. The Hall–Kier alpha value is -0.610. The smallest absolute Gasteiger partial charge is 0.222 e. The minimum atomic E-state index is 0.301. The standard InChI is InChI=1S/C14H29N3O/c1-4-17(5-2)14(18)9-7-11-16(3)13-8-6-10-15-12-13/h13,15H,4-12H2,1-3H3. The van der Waals surface area contributed by atoms with E-state index in [9.17, 15) is 4.79 Å². The van der Waals surface area contributed by atoms with Crippen LogP contribution in [-0.4, -0.2) is 61.5 Å². The molecule has 0 aromatic carbocycles. The zero-order chi connectivity index (χ0) is 13.4. The molecule has 1 aliphatic heterocycles. The first-order valence-electron chi connectivity index (χ1n) is 7.37. The van der Waals surface area contributed by atoms with Crippen molar-refractivity contribution in [1.82, 2.24) is 15.1 Å². The summed E-state index contributed by atoms with van der Waals surface area (Å²) in [5, 5.41) is 3.43. The highest BCUT2D eigenvalue weighted by atomic mass is 16.2. The van der Waals surface area contributed by atoms with Gasteiger partial charge in [0.2, 0.25) is 5.91 Å². The van der Waals surface area contributed by atoms with Crippen LogP contribution in [0.4, 0.5) is 0 Å². The number of nitrogens with zero attached hydrogens (tertiary/aromatic N) is 2. The second kappa shape index (κ2) is 8.48. The average molecular weight is 255 g/mol. The maximum Gasteiger partial charge on any atom is 0.222 e. The summed E-state index contributed by atoms with van der Waals surface area (Å²) in [6.45, 7) is 9.03. The first kappa shape index (κ1) is 15.4. The number of carbonyl (C=O) groups excluding carboxylic acids is 1. The molecule has 4 nitrogen and oxygen atoms in total. The second-order valence-electron chi connectivity index (χ2n) is 5.15. The maximum atomic E-state index is 11.9. The number of hydrogen-bond acceptors (Lipinski definition) is 3. The fraction of sp³-hybridized carbons (Fsp3) is 0.929. The Labute approximate surface area is 112 Å². The number of nitrogens with one attached hydrogen (secondary N) is 1. The molecule has 1 atom stereocenters. The van der Waals surface area contributed by atoms with E-state index in [4.69, 9.17) is 0 Å². The Bertz CT molecular complexity index is 235. The van der Waals surface area contributed by atoms with Crippen LogP contribution >= 0.6 is 0 Å². The van der Waals surface area contributed by atoms with Gasteiger partial charge in [0, 0.05) is 32.1 Å². The lowest BCUT2D eigenvalue weighted by Crippen LogP contribution is -2.44. The molecular weight excluding hydrogens is 226 g/mol. The molecule has 1 aliphatic rings. The van der Waals surface area contributed by atoms with Gasteiger partial charge in [-0.3, -0.25) is 4.79 Å². The molecule has 0 saturated carbocycles. The molecule has 1 rings (SSSR count). The Morgan fingerprint density at radius 2 is 2.06 bits per heavy atom. The number of likely N-dealkylation sites (N-methyl/N-ethyl adjacent to an activating group) is 1. The van der Waals surface area contributed by atoms with Crippen LogP contribution < -0.4 is 5.32 Å². The largest absolute Gasteiger partial charge is 0.343 e. The van der Waals surface area contributed by atoms with E-state index in [0.29, 0.717) is 18.4 Å². The van der Waals surface area contributed by atoms with Crippen molar-refractivity contribution in [3.63, 3.8) is 0 Å². The van der Waals surface area contributed by atoms with Crippen molar-refractivity contribution in [2.45, 2.75) is 45.6 Å². The minimum absolute atomic E-state index is 0.301. The maximum absolute atomic E-state index is 11.9. The normalized spacial score (nSPS) is 20.1. The van der Waals surface area contributed by atoms with Crippen molar-refractivity contribution >= 4 is 5.91 Å². The average Bonchev–Trinajstić information content (AvgIpc) is 2.41. The van der Waals surface area contributed by atoms with Crippen molar-refractivity contribution in [3.8, 4) is 0 Å². The van der Waals surface area contributed by atoms with Crippen LogP contribution in [0.5, 0.6) is 0 Å². The van der Waals surface area contributed by atoms with E-state index < -0.39 is 0 Å². The molecular formula is C14H29N3O. The van der Waals surface area contributed by atoms with Gasteiger partial charge >= 0.3 is 0 Å². The third kappa shape index (κ3) is 4.94. The number of piperidine rings is 1. The zero-order valence-corrected chi connectivity index (χ0v) is 12.2. The molecule has 1 saturated heterocycles. The minimum Gasteiger partial charge on any atom is -0.343 e. The molecule has 18 heavy (non-hydrogen) atoms. The van der Waals surface area contributed by atoms with Crippen LogP contribution in [-0.2, 0) is 4.79 Å². The molecule has 0 bridgehead atoms. The Morgan fingerprint density at radius 1 is 1.33 bits per heavy atom. The van der Waals surface area contributed by atoms with Crippen molar-refractivity contribution in [2.24, 2.45) is 0 Å². The van der Waals surface area contributed by atoms with Crippen molar-refractivity contribution in [3.05, 3.63) is 0 Å². The predicted octanol–water partition coefficient (Wildman–Crippen LogP) is 1.32. The van der Waals surface area contributed by atoms with Crippen LogP contribution in [0.15, 0.2) is 0 Å². The summed E-state index contributed by atoms with van der Waals surface area (Å²) >= 11 is 0. The van der Waals surface area contributed by atoms with Crippen molar-refractivity contribution in [1.29, 1.82) is 0 Å². The van der Waals surface area contributed by atoms with Gasteiger partial charge < -0.3 is 15.1 Å². The third-order valence-electron chi connectivity index (χ3n) is 3.91. The highest BCUT2D eigenvalue weighted by Gasteiger charge is 2.17. The number of amides is 1. The van der Waals surface area contributed by atoms with Crippen LogP contribution in [0, 0.1) is 0 Å². The van der Waals surface area contributed by atoms with E-state index >= 15 is 0 Å². The van der Waals surface area contributed by atoms with Crippen LogP contribution in [0.2, 0.25) is 0 Å². The number of carbonyl (C=O) groups is 1. The van der Waals surface area contributed by atoms with E-state index in [1.807, 2.05) is 18.7 Å². The highest BCUT2D eigenvalue weighted by molar-refractivity contribution is 5.76. The summed E-state index contributed by atoms with van der Waals surface area (Å²) in [5.41, 5.74) is 0. The van der Waals surface area contributed by atoms with Crippen LogP contribution in [0.25, 0.3) is 0 Å². The van der Waals surface area contributed by atoms with Crippen molar-refractivity contribution < 1.29 is 4.79 Å². The van der Waals surface area contributed by atoms with Crippen LogP contribution in [0.1, 0.15) is 39.5 Å². The van der Waals surface area contributed by atoms with Gasteiger partial charge in [-0.05, 0) is 53.2 Å². The summed E-state index contributed by atoms with van der Waals surface area (Å²) in [5.74, 6) is 0.301. The quantitative estimate of drug-likeness (QED) is 0.745. The van der Waals surface area contributed by atoms with Gasteiger partial charge in [-0.25, -0.2) is 0 Å². The lowest BCUT2D eigenvalue weighted by molar-refractivity contribution is -0.131. The molecule has 4 heteroatoms. The first-order valence-corrected chi connectivity index (χ1v) is 7.37. The fourth-order valence-corrected chi connectivity index (χ4v) is 2.61. The Kier molecular flexibility index (Phi) is 7.28. The van der Waals surface area contributed by atoms with E-state index in [0.717, 1.165) is 39.1 Å². The first-order chi connectivity index (χ1) is 8.69. The highest BCUT2D eigenvalue weighted by Crippen LogP contribution is 2.09. The monoisotopic (exact) mass is 255 g/mol. The molecule has 0 aliphatic carbocycles. The van der Waals surface area contributed by atoms with Gasteiger partial charge in [-0.2, -0.15) is 0 Å². The molecule has 1 unspecified atom stereocenters. The SMILES string of the molecule is CCN(CC)C(=O)CCCN(C)C1CCCNC1. The third-order valence-corrected chi connectivity index (χ3v) is 3.91. The van der Waals surface area contributed by atoms with E-state index in [1.54, 1.807) is 0 Å². The van der Waals surface area contributed by atoms with E-state index in [2.05, 4.69) is 17.3 Å². The van der Waals surface area contributed by atoms with Gasteiger partial charge in [-0.1, -0.05) is 0 Å². The number of rotatable bonds is 7. The van der Waals surface area contributed by atoms with Gasteiger partial charge in [-0.15, -0.1) is 0 Å². The second-order valence-corrected chi connectivity index (χ2v) is 5.15.